The van der Waals surface area contributed by atoms with Crippen molar-refractivity contribution in [2.45, 2.75) is 71.9 Å². The summed E-state index contributed by atoms with van der Waals surface area (Å²) in [5.74, 6) is -1.95. The summed E-state index contributed by atoms with van der Waals surface area (Å²) in [5.41, 5.74) is 1.27. The van der Waals surface area contributed by atoms with Gasteiger partial charge in [-0.15, -0.1) is 0 Å². The van der Waals surface area contributed by atoms with Crippen LogP contribution < -0.4 is 21.3 Å². The minimum Gasteiger partial charge on any atom is -0.354 e. The van der Waals surface area contributed by atoms with Crippen molar-refractivity contribution in [2.75, 3.05) is 40.3 Å². The molecule has 0 saturated carbocycles. The van der Waals surface area contributed by atoms with Gasteiger partial charge in [-0.1, -0.05) is 58.9 Å². The molecule has 2 aromatic rings. The molecule has 4 N–H and O–H groups in total. The summed E-state index contributed by atoms with van der Waals surface area (Å²) in [6, 6.07) is 6.59. The molecule has 1 unspecified atom stereocenters. The van der Waals surface area contributed by atoms with Crippen LogP contribution in [0.25, 0.3) is 10.9 Å². The Bertz CT molecular complexity index is 1650. The number of para-hydroxylation sites is 1. The zero-order valence-electron chi connectivity index (χ0n) is 30.8. The molecular formula is C37H53N7O6. The third kappa shape index (κ3) is 9.68. The topological polar surface area (TPSA) is 162 Å². The fourth-order valence-electron chi connectivity index (χ4n) is 6.02. The lowest BCUT2D eigenvalue weighted by atomic mass is 9.76. The van der Waals surface area contributed by atoms with E-state index in [0.29, 0.717) is 12.0 Å². The van der Waals surface area contributed by atoms with Crippen molar-refractivity contribution in [2.24, 2.45) is 12.5 Å². The zero-order chi connectivity index (χ0) is 37.4. The van der Waals surface area contributed by atoms with Crippen molar-refractivity contribution in [3.05, 3.63) is 59.8 Å². The molecule has 2 heterocycles. The number of amides is 6. The van der Waals surface area contributed by atoms with Gasteiger partial charge in [-0.3, -0.25) is 33.7 Å². The molecule has 272 valence electrons. The van der Waals surface area contributed by atoms with Crippen LogP contribution in [0.4, 0.5) is 0 Å². The first-order chi connectivity index (χ1) is 23.4. The molecule has 2 atom stereocenters. The first-order valence-electron chi connectivity index (χ1n) is 16.9. The lowest BCUT2D eigenvalue weighted by molar-refractivity contribution is -0.139. The van der Waals surface area contributed by atoms with E-state index in [1.807, 2.05) is 59.9 Å². The highest BCUT2D eigenvalue weighted by Crippen LogP contribution is 2.35. The number of imide groups is 1. The molecule has 0 saturated heterocycles. The first kappa shape index (κ1) is 39.7. The molecule has 3 rings (SSSR count). The van der Waals surface area contributed by atoms with E-state index in [2.05, 4.69) is 38.1 Å². The minimum absolute atomic E-state index is 0.0947. The fourth-order valence-corrected chi connectivity index (χ4v) is 6.02. The second-order valence-electron chi connectivity index (χ2n) is 14.4. The standard InChI is InChI=1S/C37H53N7O6/c1-24(33(48)40-19-12-15-28(45)39-20-22-44-29(46)16-17-30(44)47)18-21-42(8)35(50)32(36(2,3)4)41-34(49)31(38-7)37(5,6)26-23-43(9)27-14-11-10-13-25(26)27/h10-11,13-14,16-18,23,31-32,38H,12,15,19-22H2,1-9H3,(H,39,45)(H,40,48)(H,41,49)/b24-18+/t31-,32?/m1/s1. The number of aryl methyl sites for hydroxylation is 1. The lowest BCUT2D eigenvalue weighted by Gasteiger charge is -2.38. The maximum Gasteiger partial charge on any atom is 0.253 e. The number of rotatable bonds is 16. The van der Waals surface area contributed by atoms with Gasteiger partial charge in [0, 0.05) is 86.9 Å². The normalized spacial score (nSPS) is 14.9. The monoisotopic (exact) mass is 691 g/mol. The zero-order valence-corrected chi connectivity index (χ0v) is 30.8. The maximum atomic E-state index is 13.9. The number of likely N-dealkylation sites (N-methyl/N-ethyl adjacent to an activating group) is 2. The van der Waals surface area contributed by atoms with E-state index in [0.717, 1.165) is 21.4 Å². The molecule has 1 aliphatic heterocycles. The number of nitrogens with zero attached hydrogens (tertiary/aromatic N) is 3. The molecule has 6 amide bonds. The van der Waals surface area contributed by atoms with Crippen LogP contribution >= 0.6 is 0 Å². The summed E-state index contributed by atoms with van der Waals surface area (Å²) in [5, 5.41) is 12.7. The molecule has 0 spiro atoms. The van der Waals surface area contributed by atoms with E-state index < -0.39 is 34.7 Å². The van der Waals surface area contributed by atoms with Crippen LogP contribution in [0.3, 0.4) is 0 Å². The van der Waals surface area contributed by atoms with Crippen molar-refractivity contribution in [1.29, 1.82) is 0 Å². The largest absolute Gasteiger partial charge is 0.354 e. The van der Waals surface area contributed by atoms with Crippen molar-refractivity contribution in [3.8, 4) is 0 Å². The highest BCUT2D eigenvalue weighted by molar-refractivity contribution is 6.12. The van der Waals surface area contributed by atoms with Crippen LogP contribution in [0.15, 0.2) is 54.3 Å². The quantitative estimate of drug-likeness (QED) is 0.119. The molecule has 13 heteroatoms. The summed E-state index contributed by atoms with van der Waals surface area (Å²) in [6.07, 6.45) is 6.64. The lowest BCUT2D eigenvalue weighted by Crippen LogP contribution is -2.60. The van der Waals surface area contributed by atoms with Crippen molar-refractivity contribution < 1.29 is 28.8 Å². The van der Waals surface area contributed by atoms with E-state index in [9.17, 15) is 28.8 Å². The van der Waals surface area contributed by atoms with E-state index in [-0.39, 0.29) is 56.2 Å². The third-order valence-electron chi connectivity index (χ3n) is 9.09. The van der Waals surface area contributed by atoms with E-state index in [1.54, 1.807) is 27.1 Å². The summed E-state index contributed by atoms with van der Waals surface area (Å²) < 4.78 is 2.05. The molecule has 0 bridgehead atoms. The Hall–Kier alpha value is -4.78. The van der Waals surface area contributed by atoms with E-state index in [1.165, 1.54) is 17.1 Å². The van der Waals surface area contributed by atoms with Crippen LogP contribution in [0.1, 0.15) is 59.9 Å². The van der Waals surface area contributed by atoms with Gasteiger partial charge in [0.15, 0.2) is 0 Å². The number of hydrogen-bond acceptors (Lipinski definition) is 7. The van der Waals surface area contributed by atoms with Gasteiger partial charge in [0.25, 0.3) is 11.8 Å². The first-order valence-corrected chi connectivity index (χ1v) is 16.9. The van der Waals surface area contributed by atoms with Gasteiger partial charge in [-0.2, -0.15) is 0 Å². The number of hydrogen-bond donors (Lipinski definition) is 4. The average molecular weight is 692 g/mol. The minimum atomic E-state index is -0.833. The SMILES string of the molecule is CN[C@H](C(=O)NC(C(=O)N(C)C/C=C(\C)C(=O)NCCCC(=O)NCCN1C(=O)C=CC1=O)C(C)(C)C)C(C)(C)c1cn(C)c2ccccc12. The molecule has 13 nitrogen and oxygen atoms in total. The maximum absolute atomic E-state index is 13.9. The second-order valence-corrected chi connectivity index (χ2v) is 14.4. The highest BCUT2D eigenvalue weighted by atomic mass is 16.2. The van der Waals surface area contributed by atoms with Gasteiger partial charge in [-0.05, 0) is 37.4 Å². The molecule has 1 aromatic carbocycles. The molecule has 1 aliphatic rings. The van der Waals surface area contributed by atoms with Crippen LogP contribution in [-0.4, -0.2) is 102 Å². The number of benzene rings is 1. The van der Waals surface area contributed by atoms with Crippen molar-refractivity contribution in [1.82, 2.24) is 35.6 Å². The smallest absolute Gasteiger partial charge is 0.253 e. The van der Waals surface area contributed by atoms with Gasteiger partial charge >= 0.3 is 0 Å². The van der Waals surface area contributed by atoms with Gasteiger partial charge in [0.1, 0.15) is 6.04 Å². The number of carbonyl (C=O) groups is 6. The fraction of sp³-hybridized carbons (Fsp3) is 0.514. The third-order valence-corrected chi connectivity index (χ3v) is 9.09. The molecule has 0 aliphatic carbocycles. The Morgan fingerprint density at radius 3 is 2.20 bits per heavy atom. The number of nitrogens with one attached hydrogen (secondary N) is 4. The molecule has 0 fully saturated rings. The Kier molecular flexibility index (Phi) is 13.3. The Morgan fingerprint density at radius 1 is 0.940 bits per heavy atom. The Morgan fingerprint density at radius 2 is 1.58 bits per heavy atom. The Labute approximate surface area is 294 Å². The average Bonchev–Trinajstić information content (AvgIpc) is 3.57. The van der Waals surface area contributed by atoms with E-state index in [4.69, 9.17) is 0 Å². The summed E-state index contributed by atoms with van der Waals surface area (Å²) in [7, 11) is 5.36. The number of carbonyl (C=O) groups excluding carboxylic acids is 6. The van der Waals surface area contributed by atoms with Gasteiger partial charge in [0.05, 0.1) is 6.04 Å². The van der Waals surface area contributed by atoms with Crippen molar-refractivity contribution >= 4 is 46.3 Å². The molecular weight excluding hydrogens is 638 g/mol. The second kappa shape index (κ2) is 16.8. The van der Waals surface area contributed by atoms with Crippen molar-refractivity contribution in [3.63, 3.8) is 0 Å². The van der Waals surface area contributed by atoms with Crippen LogP contribution in [0.2, 0.25) is 0 Å². The predicted octanol–water partition coefficient (Wildman–Crippen LogP) is 1.92. The summed E-state index contributed by atoms with van der Waals surface area (Å²) >= 11 is 0. The van der Waals surface area contributed by atoms with Gasteiger partial charge < -0.3 is 30.7 Å². The molecule has 0 radical (unpaired) electrons. The number of fused-ring (bicyclic) bond motifs is 1. The Balaban J connectivity index is 1.53. The van der Waals surface area contributed by atoms with E-state index >= 15 is 0 Å². The molecule has 50 heavy (non-hydrogen) atoms. The summed E-state index contributed by atoms with van der Waals surface area (Å²) in [6.45, 7) is 12.0. The van der Waals surface area contributed by atoms with Crippen LogP contribution in [-0.2, 0) is 41.2 Å². The van der Waals surface area contributed by atoms with Crippen LogP contribution in [0, 0.1) is 5.41 Å². The summed E-state index contributed by atoms with van der Waals surface area (Å²) in [4.78, 5) is 78.1. The highest BCUT2D eigenvalue weighted by Gasteiger charge is 2.41. The predicted molar refractivity (Wildman–Crippen MR) is 193 cm³/mol. The van der Waals surface area contributed by atoms with Crippen LogP contribution in [0.5, 0.6) is 0 Å². The number of aromatic nitrogens is 1. The van der Waals surface area contributed by atoms with Gasteiger partial charge in [0.2, 0.25) is 23.6 Å². The molecule has 1 aromatic heterocycles. The van der Waals surface area contributed by atoms with Gasteiger partial charge in [-0.25, -0.2) is 0 Å².